The summed E-state index contributed by atoms with van der Waals surface area (Å²) in [5, 5.41) is 5.50. The SMILES string of the molecule is Cc1ccc(S(=O)(=O)N(C)c2ccc(C(=O)Nc3ccc4c(c3)NC(=O)[C@H](C)O4)cc2)cc1. The van der Waals surface area contributed by atoms with Crippen LogP contribution in [0.25, 0.3) is 0 Å². The summed E-state index contributed by atoms with van der Waals surface area (Å²) in [4.78, 5) is 24.7. The van der Waals surface area contributed by atoms with Crippen molar-refractivity contribution in [1.82, 2.24) is 0 Å². The molecule has 0 saturated carbocycles. The van der Waals surface area contributed by atoms with Gasteiger partial charge in [0.15, 0.2) is 6.10 Å². The molecule has 170 valence electrons. The standard InChI is InChI=1S/C24H23N3O5S/c1-15-4-11-20(12-5-15)33(30,31)27(3)19-9-6-17(7-10-19)24(29)25-18-8-13-22-21(14-18)26-23(28)16(2)32-22/h4-14,16H,1-3H3,(H,25,29)(H,26,28)/t16-/m0/s1. The van der Waals surface area contributed by atoms with Crippen molar-refractivity contribution in [3.05, 3.63) is 77.9 Å². The van der Waals surface area contributed by atoms with Gasteiger partial charge in [-0.2, -0.15) is 0 Å². The maximum atomic E-state index is 12.9. The van der Waals surface area contributed by atoms with Gasteiger partial charge in [-0.3, -0.25) is 13.9 Å². The number of anilines is 3. The number of hydrogen-bond acceptors (Lipinski definition) is 5. The van der Waals surface area contributed by atoms with Gasteiger partial charge >= 0.3 is 0 Å². The van der Waals surface area contributed by atoms with Crippen LogP contribution >= 0.6 is 0 Å². The molecule has 0 fully saturated rings. The van der Waals surface area contributed by atoms with Gasteiger partial charge in [-0.25, -0.2) is 8.42 Å². The quantitative estimate of drug-likeness (QED) is 0.597. The summed E-state index contributed by atoms with van der Waals surface area (Å²) >= 11 is 0. The normalized spacial score (nSPS) is 15.1. The number of ether oxygens (including phenoxy) is 1. The minimum absolute atomic E-state index is 0.190. The molecule has 0 radical (unpaired) electrons. The zero-order valence-corrected chi connectivity index (χ0v) is 19.1. The molecule has 3 aromatic rings. The molecule has 0 spiro atoms. The molecule has 2 N–H and O–H groups in total. The summed E-state index contributed by atoms with van der Waals surface area (Å²) < 4.78 is 32.4. The molecule has 3 aromatic carbocycles. The van der Waals surface area contributed by atoms with Crippen molar-refractivity contribution in [3.63, 3.8) is 0 Å². The lowest BCUT2D eigenvalue weighted by Gasteiger charge is -2.23. The number of nitrogens with one attached hydrogen (secondary N) is 2. The van der Waals surface area contributed by atoms with Gasteiger partial charge in [-0.1, -0.05) is 17.7 Å². The predicted molar refractivity (Wildman–Crippen MR) is 126 cm³/mol. The zero-order valence-electron chi connectivity index (χ0n) is 18.3. The van der Waals surface area contributed by atoms with Gasteiger partial charge in [-0.15, -0.1) is 0 Å². The van der Waals surface area contributed by atoms with Crippen LogP contribution in [0.1, 0.15) is 22.8 Å². The Morgan fingerprint density at radius 2 is 1.70 bits per heavy atom. The lowest BCUT2D eigenvalue weighted by atomic mass is 10.1. The Bertz CT molecular complexity index is 1320. The van der Waals surface area contributed by atoms with Crippen LogP contribution < -0.4 is 19.7 Å². The Kier molecular flexibility index (Phi) is 5.82. The molecule has 0 saturated heterocycles. The fourth-order valence-corrected chi connectivity index (χ4v) is 4.52. The van der Waals surface area contributed by atoms with Crippen molar-refractivity contribution in [2.24, 2.45) is 0 Å². The lowest BCUT2D eigenvalue weighted by molar-refractivity contribution is -0.122. The van der Waals surface area contributed by atoms with E-state index < -0.39 is 16.1 Å². The fraction of sp³-hybridized carbons (Fsp3) is 0.167. The smallest absolute Gasteiger partial charge is 0.265 e. The van der Waals surface area contributed by atoms with Crippen molar-refractivity contribution >= 4 is 38.9 Å². The summed E-state index contributed by atoms with van der Waals surface area (Å²) in [6.45, 7) is 3.54. The Labute approximate surface area is 192 Å². The van der Waals surface area contributed by atoms with E-state index in [4.69, 9.17) is 4.74 Å². The second-order valence-electron chi connectivity index (χ2n) is 7.75. The topological polar surface area (TPSA) is 105 Å². The molecular weight excluding hydrogens is 442 g/mol. The van der Waals surface area contributed by atoms with Gasteiger partial charge in [0.05, 0.1) is 16.3 Å². The summed E-state index contributed by atoms with van der Waals surface area (Å²) in [5.74, 6) is -0.101. The van der Waals surface area contributed by atoms with Gasteiger partial charge in [0, 0.05) is 18.3 Å². The fourth-order valence-electron chi connectivity index (χ4n) is 3.32. The van der Waals surface area contributed by atoms with Gasteiger partial charge in [0.2, 0.25) is 0 Å². The number of aryl methyl sites for hydroxylation is 1. The average molecular weight is 466 g/mol. The van der Waals surface area contributed by atoms with E-state index in [1.807, 2.05) is 6.92 Å². The molecule has 1 aliphatic rings. The summed E-state index contributed by atoms with van der Waals surface area (Å²) in [6.07, 6.45) is -0.579. The minimum Gasteiger partial charge on any atom is -0.479 e. The maximum absolute atomic E-state index is 12.9. The maximum Gasteiger partial charge on any atom is 0.265 e. The summed E-state index contributed by atoms with van der Waals surface area (Å²) in [7, 11) is -2.25. The van der Waals surface area contributed by atoms with Crippen LogP contribution in [0.4, 0.5) is 17.1 Å². The predicted octanol–water partition coefficient (Wildman–Crippen LogP) is 3.79. The number of nitrogens with zero attached hydrogens (tertiary/aromatic N) is 1. The molecule has 4 rings (SSSR count). The van der Waals surface area contributed by atoms with Gasteiger partial charge in [0.25, 0.3) is 21.8 Å². The van der Waals surface area contributed by atoms with Gasteiger partial charge in [-0.05, 0) is 68.4 Å². The molecule has 0 aliphatic carbocycles. The molecule has 33 heavy (non-hydrogen) atoms. The Hall–Kier alpha value is -3.85. The third-order valence-corrected chi connectivity index (χ3v) is 7.14. The Morgan fingerprint density at radius 3 is 2.36 bits per heavy atom. The summed E-state index contributed by atoms with van der Waals surface area (Å²) in [5.41, 5.74) is 2.71. The highest BCUT2D eigenvalue weighted by molar-refractivity contribution is 7.92. The van der Waals surface area contributed by atoms with Gasteiger partial charge in [0.1, 0.15) is 5.75 Å². The largest absolute Gasteiger partial charge is 0.479 e. The van der Waals surface area contributed by atoms with E-state index in [-0.39, 0.29) is 16.7 Å². The summed E-state index contributed by atoms with van der Waals surface area (Å²) in [6, 6.07) is 17.8. The molecule has 0 bridgehead atoms. The van der Waals surface area contributed by atoms with Crippen LogP contribution in [0.2, 0.25) is 0 Å². The molecule has 8 nitrogen and oxygen atoms in total. The first-order valence-electron chi connectivity index (χ1n) is 10.2. The van der Waals surface area contributed by atoms with Crippen LogP contribution in [-0.2, 0) is 14.8 Å². The third-order valence-electron chi connectivity index (χ3n) is 5.34. The molecule has 1 aliphatic heterocycles. The van der Waals surface area contributed by atoms with E-state index in [0.29, 0.717) is 28.4 Å². The number of amides is 2. The van der Waals surface area contributed by atoms with Gasteiger partial charge < -0.3 is 15.4 Å². The first kappa shape index (κ1) is 22.3. The highest BCUT2D eigenvalue weighted by Crippen LogP contribution is 2.32. The van der Waals surface area contributed by atoms with E-state index >= 15 is 0 Å². The van der Waals surface area contributed by atoms with Crippen LogP contribution in [0.3, 0.4) is 0 Å². The molecule has 0 aromatic heterocycles. The third kappa shape index (κ3) is 4.54. The number of sulfonamides is 1. The first-order chi connectivity index (χ1) is 15.6. The van der Waals surface area contributed by atoms with Crippen LogP contribution in [0, 0.1) is 6.92 Å². The van der Waals surface area contributed by atoms with E-state index in [1.165, 1.54) is 11.4 Å². The second kappa shape index (κ2) is 8.59. The van der Waals surface area contributed by atoms with E-state index in [2.05, 4.69) is 10.6 Å². The number of carbonyl (C=O) groups is 2. The molecule has 1 heterocycles. The minimum atomic E-state index is -3.72. The highest BCUT2D eigenvalue weighted by Gasteiger charge is 2.24. The van der Waals surface area contributed by atoms with Crippen LogP contribution in [0.5, 0.6) is 5.75 Å². The molecule has 2 amide bonds. The molecular formula is C24H23N3O5S. The number of hydrogen-bond donors (Lipinski definition) is 2. The van der Waals surface area contributed by atoms with Crippen molar-refractivity contribution in [2.45, 2.75) is 24.8 Å². The van der Waals surface area contributed by atoms with E-state index in [9.17, 15) is 18.0 Å². The lowest BCUT2D eigenvalue weighted by Crippen LogP contribution is -2.34. The average Bonchev–Trinajstić information content (AvgIpc) is 2.80. The monoisotopic (exact) mass is 465 g/mol. The second-order valence-corrected chi connectivity index (χ2v) is 9.72. The van der Waals surface area contributed by atoms with E-state index in [0.717, 1.165) is 5.56 Å². The highest BCUT2D eigenvalue weighted by atomic mass is 32.2. The molecule has 1 atom stereocenters. The number of fused-ring (bicyclic) bond motifs is 1. The van der Waals surface area contributed by atoms with Crippen LogP contribution in [0.15, 0.2) is 71.6 Å². The molecule has 9 heteroatoms. The van der Waals surface area contributed by atoms with Crippen molar-refractivity contribution in [1.29, 1.82) is 0 Å². The Morgan fingerprint density at radius 1 is 1.03 bits per heavy atom. The van der Waals surface area contributed by atoms with Crippen LogP contribution in [-0.4, -0.2) is 33.4 Å². The number of rotatable bonds is 5. The van der Waals surface area contributed by atoms with E-state index in [1.54, 1.807) is 73.7 Å². The number of carbonyl (C=O) groups excluding carboxylic acids is 2. The zero-order chi connectivity index (χ0) is 23.8. The van der Waals surface area contributed by atoms with Crippen molar-refractivity contribution in [2.75, 3.05) is 22.0 Å². The molecule has 0 unspecified atom stereocenters. The Balaban J connectivity index is 1.48. The van der Waals surface area contributed by atoms with Crippen molar-refractivity contribution in [3.8, 4) is 5.75 Å². The van der Waals surface area contributed by atoms with Crippen molar-refractivity contribution < 1.29 is 22.7 Å². The first-order valence-corrected chi connectivity index (χ1v) is 11.7. The number of benzene rings is 3.